The number of fused-ring (bicyclic) bond motifs is 1. The summed E-state index contributed by atoms with van der Waals surface area (Å²) in [6.45, 7) is 7.16. The van der Waals surface area contributed by atoms with Gasteiger partial charge in [0.2, 0.25) is 5.95 Å². The Kier molecular flexibility index (Phi) is 7.51. The van der Waals surface area contributed by atoms with Crippen LogP contribution < -0.4 is 15.9 Å². The Labute approximate surface area is 218 Å². The molecule has 0 bridgehead atoms. The summed E-state index contributed by atoms with van der Waals surface area (Å²) < 4.78 is 31.0. The van der Waals surface area contributed by atoms with Gasteiger partial charge in [-0.1, -0.05) is 18.5 Å². The molecule has 202 valence electrons. The number of aromatic nitrogens is 4. The number of nitrogens with zero attached hydrogens (tertiary/aromatic N) is 5. The van der Waals surface area contributed by atoms with Crippen LogP contribution in [0, 0.1) is 5.92 Å². The van der Waals surface area contributed by atoms with Gasteiger partial charge in [0.05, 0.1) is 35.5 Å². The standard InChI is InChI=1S/C25H33ClF2N6O3/c1-15-13-32(9-8-25(15,27)28)22-29-12-18(26)21(31-22)30-17-5-6-19-20(11-17)33(10-7-24(3,4)37)23(36)34(19)14-16(2)35/h5-6,11-12,15-16,35,37H,7-10,13-14H2,1-4H3,(H,29,30,31)/t15-,16-/m1/s1. The highest BCUT2D eigenvalue weighted by Crippen LogP contribution is 2.35. The maximum atomic E-state index is 13.9. The Hall–Kier alpha value is -2.76. The summed E-state index contributed by atoms with van der Waals surface area (Å²) >= 11 is 6.35. The van der Waals surface area contributed by atoms with E-state index in [1.54, 1.807) is 48.4 Å². The van der Waals surface area contributed by atoms with Gasteiger partial charge in [0, 0.05) is 37.7 Å². The molecule has 0 amide bonds. The average molecular weight is 539 g/mol. The minimum atomic E-state index is -2.72. The molecule has 3 heterocycles. The molecular weight excluding hydrogens is 506 g/mol. The van der Waals surface area contributed by atoms with Crippen LogP contribution in [0.3, 0.4) is 0 Å². The molecule has 2 atom stereocenters. The number of aryl methyl sites for hydroxylation is 1. The number of rotatable bonds is 8. The molecule has 1 aliphatic heterocycles. The number of imidazole rings is 1. The van der Waals surface area contributed by atoms with Crippen LogP contribution in [0.1, 0.15) is 40.5 Å². The van der Waals surface area contributed by atoms with E-state index in [1.807, 2.05) is 0 Å². The fraction of sp³-hybridized carbons (Fsp3) is 0.560. The highest BCUT2D eigenvalue weighted by molar-refractivity contribution is 6.32. The van der Waals surface area contributed by atoms with Crippen LogP contribution >= 0.6 is 11.6 Å². The molecule has 12 heteroatoms. The second kappa shape index (κ2) is 10.2. The quantitative estimate of drug-likeness (QED) is 0.397. The Morgan fingerprint density at radius 3 is 2.68 bits per heavy atom. The first-order chi connectivity index (χ1) is 17.2. The highest BCUT2D eigenvalue weighted by Gasteiger charge is 2.41. The number of benzene rings is 1. The molecule has 4 rings (SSSR count). The first-order valence-electron chi connectivity index (χ1n) is 12.3. The summed E-state index contributed by atoms with van der Waals surface area (Å²) in [6, 6.07) is 5.32. The fourth-order valence-electron chi connectivity index (χ4n) is 4.44. The predicted molar refractivity (Wildman–Crippen MR) is 140 cm³/mol. The average Bonchev–Trinajstić information content (AvgIpc) is 3.05. The van der Waals surface area contributed by atoms with Crippen molar-refractivity contribution in [3.8, 4) is 0 Å². The third-order valence-corrected chi connectivity index (χ3v) is 6.90. The lowest BCUT2D eigenvalue weighted by atomic mass is 9.96. The van der Waals surface area contributed by atoms with Crippen LogP contribution in [-0.4, -0.2) is 60.0 Å². The Morgan fingerprint density at radius 1 is 1.30 bits per heavy atom. The van der Waals surface area contributed by atoms with E-state index in [1.165, 1.54) is 17.7 Å². The normalized spacial score (nSPS) is 18.8. The molecule has 0 saturated carbocycles. The summed E-state index contributed by atoms with van der Waals surface area (Å²) in [7, 11) is 0. The van der Waals surface area contributed by atoms with E-state index in [9.17, 15) is 23.8 Å². The zero-order valence-corrected chi connectivity index (χ0v) is 22.1. The van der Waals surface area contributed by atoms with Crippen molar-refractivity contribution in [2.45, 2.75) is 71.3 Å². The molecular formula is C25H33ClF2N6O3. The predicted octanol–water partition coefficient (Wildman–Crippen LogP) is 4.01. The maximum Gasteiger partial charge on any atom is 0.329 e. The van der Waals surface area contributed by atoms with Crippen LogP contribution in [0.2, 0.25) is 5.02 Å². The minimum absolute atomic E-state index is 0.129. The number of nitrogens with one attached hydrogen (secondary N) is 1. The van der Waals surface area contributed by atoms with Gasteiger partial charge in [-0.05, 0) is 45.4 Å². The molecule has 1 aliphatic rings. The van der Waals surface area contributed by atoms with Gasteiger partial charge < -0.3 is 20.4 Å². The summed E-state index contributed by atoms with van der Waals surface area (Å²) in [5.74, 6) is -2.93. The van der Waals surface area contributed by atoms with Gasteiger partial charge in [-0.3, -0.25) is 9.13 Å². The van der Waals surface area contributed by atoms with Gasteiger partial charge in [-0.2, -0.15) is 4.98 Å². The minimum Gasteiger partial charge on any atom is -0.392 e. The number of aliphatic hydroxyl groups is 2. The Morgan fingerprint density at radius 2 is 2.03 bits per heavy atom. The summed E-state index contributed by atoms with van der Waals surface area (Å²) in [4.78, 5) is 23.6. The molecule has 1 fully saturated rings. The van der Waals surface area contributed by atoms with Crippen molar-refractivity contribution >= 4 is 40.1 Å². The number of anilines is 3. The lowest BCUT2D eigenvalue weighted by molar-refractivity contribution is -0.0653. The second-order valence-electron chi connectivity index (χ2n) is 10.5. The number of hydrogen-bond acceptors (Lipinski definition) is 7. The third kappa shape index (κ3) is 6.05. The topological polar surface area (TPSA) is 108 Å². The van der Waals surface area contributed by atoms with Crippen molar-refractivity contribution in [1.29, 1.82) is 0 Å². The molecule has 0 spiro atoms. The number of alkyl halides is 2. The van der Waals surface area contributed by atoms with E-state index in [4.69, 9.17) is 11.6 Å². The van der Waals surface area contributed by atoms with Crippen LogP contribution in [0.4, 0.5) is 26.2 Å². The molecule has 0 unspecified atom stereocenters. The second-order valence-corrected chi connectivity index (χ2v) is 10.9. The van der Waals surface area contributed by atoms with E-state index in [-0.39, 0.29) is 43.3 Å². The number of halogens is 3. The smallest absolute Gasteiger partial charge is 0.329 e. The van der Waals surface area contributed by atoms with E-state index in [0.717, 1.165) is 0 Å². The molecule has 0 radical (unpaired) electrons. The molecule has 1 aromatic carbocycles. The zero-order chi connectivity index (χ0) is 27.1. The van der Waals surface area contributed by atoms with Gasteiger partial charge in [0.15, 0.2) is 5.82 Å². The van der Waals surface area contributed by atoms with Crippen molar-refractivity contribution in [3.63, 3.8) is 0 Å². The van der Waals surface area contributed by atoms with E-state index < -0.39 is 23.5 Å². The lowest BCUT2D eigenvalue weighted by Gasteiger charge is -2.36. The van der Waals surface area contributed by atoms with Crippen molar-refractivity contribution in [3.05, 3.63) is 39.9 Å². The van der Waals surface area contributed by atoms with Crippen LogP contribution in [-0.2, 0) is 13.1 Å². The molecule has 9 nitrogen and oxygen atoms in total. The van der Waals surface area contributed by atoms with Crippen molar-refractivity contribution in [2.75, 3.05) is 23.3 Å². The van der Waals surface area contributed by atoms with Gasteiger partial charge in [0.25, 0.3) is 5.92 Å². The zero-order valence-electron chi connectivity index (χ0n) is 21.4. The van der Waals surface area contributed by atoms with Crippen LogP contribution in [0.5, 0.6) is 0 Å². The molecule has 3 aromatic rings. The molecule has 0 aliphatic carbocycles. The molecule has 1 saturated heterocycles. The van der Waals surface area contributed by atoms with Gasteiger partial charge in [-0.25, -0.2) is 18.6 Å². The monoisotopic (exact) mass is 538 g/mol. The maximum absolute atomic E-state index is 13.9. The van der Waals surface area contributed by atoms with E-state index >= 15 is 0 Å². The SMILES string of the molecule is C[C@@H]1CN(c2ncc(Cl)c(Nc3ccc4c(c3)n(CCC(C)(C)O)c(=O)n4C[C@@H](C)O)n2)CCC1(F)F. The number of aliphatic hydroxyl groups excluding tert-OH is 1. The molecule has 3 N–H and O–H groups in total. The van der Waals surface area contributed by atoms with E-state index in [0.29, 0.717) is 34.9 Å². The Balaban J connectivity index is 1.66. The van der Waals surface area contributed by atoms with E-state index in [2.05, 4.69) is 15.3 Å². The number of hydrogen-bond donors (Lipinski definition) is 3. The third-order valence-electron chi connectivity index (χ3n) is 6.62. The summed E-state index contributed by atoms with van der Waals surface area (Å²) in [6.07, 6.45) is 0.790. The fourth-order valence-corrected chi connectivity index (χ4v) is 4.58. The van der Waals surface area contributed by atoms with Gasteiger partial charge in [-0.15, -0.1) is 0 Å². The molecule has 37 heavy (non-hydrogen) atoms. The Bertz CT molecular complexity index is 1330. The number of piperidine rings is 1. The van der Waals surface area contributed by atoms with Gasteiger partial charge in [0.1, 0.15) is 5.02 Å². The van der Waals surface area contributed by atoms with Crippen molar-refractivity contribution < 1.29 is 19.0 Å². The van der Waals surface area contributed by atoms with Crippen LogP contribution in [0.15, 0.2) is 29.2 Å². The highest BCUT2D eigenvalue weighted by atomic mass is 35.5. The first-order valence-corrected chi connectivity index (χ1v) is 12.7. The molecule has 2 aromatic heterocycles. The van der Waals surface area contributed by atoms with Crippen molar-refractivity contribution in [2.24, 2.45) is 5.92 Å². The van der Waals surface area contributed by atoms with Crippen molar-refractivity contribution in [1.82, 2.24) is 19.1 Å². The van der Waals surface area contributed by atoms with Crippen LogP contribution in [0.25, 0.3) is 11.0 Å². The summed E-state index contributed by atoms with van der Waals surface area (Å²) in [5, 5.41) is 23.5. The first kappa shape index (κ1) is 27.3. The van der Waals surface area contributed by atoms with Gasteiger partial charge >= 0.3 is 5.69 Å². The lowest BCUT2D eigenvalue weighted by Crippen LogP contribution is -2.46. The largest absolute Gasteiger partial charge is 0.392 e. The summed E-state index contributed by atoms with van der Waals surface area (Å²) in [5.41, 5.74) is 0.621.